The molecule has 6 heteroatoms. The molecule has 1 heterocycles. The number of fused-ring (bicyclic) bond motifs is 2. The summed E-state index contributed by atoms with van der Waals surface area (Å²) in [6.07, 6.45) is 0. The molecule has 41 heavy (non-hydrogen) atoms. The maximum Gasteiger partial charge on any atom is 0.338 e. The second kappa shape index (κ2) is 12.3. The van der Waals surface area contributed by atoms with E-state index in [-0.39, 0.29) is 5.97 Å². The summed E-state index contributed by atoms with van der Waals surface area (Å²) in [7, 11) is 1.42. The van der Waals surface area contributed by atoms with E-state index in [0.29, 0.717) is 5.56 Å². The summed E-state index contributed by atoms with van der Waals surface area (Å²) in [6.45, 7) is 12.1. The first kappa shape index (κ1) is 28.6. The highest BCUT2D eigenvalue weighted by Gasteiger charge is 2.28. The number of methoxy groups -OCH3 is 1. The normalized spacial score (nSPS) is 11.2. The number of hydrogen-bond acceptors (Lipinski definition) is 4. The molecular formula is C35H36BrN2O3+. The molecule has 0 spiro atoms. The molecule has 0 saturated heterocycles. The molecule has 0 atom stereocenters. The predicted octanol–water partition coefficient (Wildman–Crippen LogP) is 8.08. The van der Waals surface area contributed by atoms with Crippen LogP contribution in [0, 0.1) is 0 Å². The summed E-state index contributed by atoms with van der Waals surface area (Å²) in [5.41, 5.74) is 7.18. The average molecular weight is 613 g/mol. The Balaban J connectivity index is 2.05. The number of carbonyl (C=O) groups is 1. The zero-order valence-electron chi connectivity index (χ0n) is 24.3. The molecule has 0 aromatic heterocycles. The smallest absolute Gasteiger partial charge is 0.338 e. The first-order chi connectivity index (χ1) is 20.0. The fourth-order valence-electron chi connectivity index (χ4n) is 5.76. The maximum absolute atomic E-state index is 13.0. The van der Waals surface area contributed by atoms with Gasteiger partial charge in [-0.15, -0.1) is 0 Å². The Morgan fingerprint density at radius 2 is 1.51 bits per heavy atom. The van der Waals surface area contributed by atoms with Gasteiger partial charge in [0.15, 0.2) is 5.76 Å². The summed E-state index contributed by atoms with van der Waals surface area (Å²) in [5.74, 6) is 0.370. The number of carbonyl (C=O) groups excluding carboxylic acids is 1. The second-order valence-corrected chi connectivity index (χ2v) is 10.6. The number of nitrogens with zero attached hydrogens (tertiary/aromatic N) is 2. The molecule has 5 rings (SSSR count). The zero-order chi connectivity index (χ0) is 29.1. The average Bonchev–Trinajstić information content (AvgIpc) is 3.02. The molecule has 0 saturated carbocycles. The number of anilines is 1. The lowest BCUT2D eigenvalue weighted by molar-refractivity contribution is 0.0601. The van der Waals surface area contributed by atoms with Crippen LogP contribution < -0.4 is 14.8 Å². The SMILES string of the molecule is CCN(CC)c1ccc2c(-c3ccccc3C(=O)OC)c3ccc(=[N+](CC)CC)c(Br)c-3oc2c1-c1ccccc1. The molecule has 0 unspecified atom stereocenters. The number of esters is 1. The minimum absolute atomic E-state index is 0.371. The van der Waals surface area contributed by atoms with E-state index in [2.05, 4.69) is 102 Å². The van der Waals surface area contributed by atoms with Gasteiger partial charge in [-0.05, 0) is 79.0 Å². The van der Waals surface area contributed by atoms with Gasteiger partial charge in [0.05, 0.1) is 12.7 Å². The highest BCUT2D eigenvalue weighted by molar-refractivity contribution is 9.10. The largest absolute Gasteiger partial charge is 0.465 e. The van der Waals surface area contributed by atoms with Gasteiger partial charge >= 0.3 is 5.97 Å². The third kappa shape index (κ3) is 5.06. The van der Waals surface area contributed by atoms with E-state index in [4.69, 9.17) is 9.15 Å². The summed E-state index contributed by atoms with van der Waals surface area (Å²) in [4.78, 5) is 15.4. The van der Waals surface area contributed by atoms with Gasteiger partial charge < -0.3 is 14.1 Å². The predicted molar refractivity (Wildman–Crippen MR) is 173 cm³/mol. The Morgan fingerprint density at radius 1 is 0.829 bits per heavy atom. The maximum atomic E-state index is 13.0. The number of hydrogen-bond donors (Lipinski definition) is 0. The van der Waals surface area contributed by atoms with E-state index in [0.717, 1.165) is 86.2 Å². The van der Waals surface area contributed by atoms with Crippen molar-refractivity contribution in [1.82, 2.24) is 4.58 Å². The van der Waals surface area contributed by atoms with Crippen LogP contribution >= 0.6 is 15.9 Å². The van der Waals surface area contributed by atoms with Crippen molar-refractivity contribution in [3.05, 3.63) is 94.3 Å². The van der Waals surface area contributed by atoms with Crippen LogP contribution in [0.25, 0.3) is 44.5 Å². The Morgan fingerprint density at radius 3 is 2.17 bits per heavy atom. The van der Waals surface area contributed by atoms with Gasteiger partial charge in [0.1, 0.15) is 23.1 Å². The fraction of sp³-hybridized carbons (Fsp3) is 0.257. The lowest BCUT2D eigenvalue weighted by Crippen LogP contribution is -2.30. The van der Waals surface area contributed by atoms with Crippen LogP contribution in [0.1, 0.15) is 38.1 Å². The van der Waals surface area contributed by atoms with Crippen molar-refractivity contribution in [1.29, 1.82) is 0 Å². The molecule has 3 aromatic rings. The lowest BCUT2D eigenvalue weighted by Gasteiger charge is -2.26. The van der Waals surface area contributed by atoms with Crippen molar-refractivity contribution in [2.75, 3.05) is 38.2 Å². The third-order valence-electron chi connectivity index (χ3n) is 7.83. The minimum atomic E-state index is -0.371. The van der Waals surface area contributed by atoms with Gasteiger partial charge in [-0.3, -0.25) is 0 Å². The molecular weight excluding hydrogens is 576 g/mol. The molecule has 210 valence electrons. The molecule has 0 bridgehead atoms. The number of halogens is 1. The first-order valence-electron chi connectivity index (χ1n) is 14.3. The van der Waals surface area contributed by atoms with Gasteiger partial charge in [0.2, 0.25) is 5.36 Å². The second-order valence-electron chi connectivity index (χ2n) is 9.84. The van der Waals surface area contributed by atoms with E-state index >= 15 is 0 Å². The van der Waals surface area contributed by atoms with Crippen molar-refractivity contribution in [2.45, 2.75) is 27.7 Å². The van der Waals surface area contributed by atoms with Crippen LogP contribution in [-0.2, 0) is 4.74 Å². The van der Waals surface area contributed by atoms with E-state index in [9.17, 15) is 4.79 Å². The van der Waals surface area contributed by atoms with Crippen LogP contribution in [-0.4, -0.2) is 39.3 Å². The molecule has 0 amide bonds. The monoisotopic (exact) mass is 611 g/mol. The van der Waals surface area contributed by atoms with Gasteiger partial charge in [-0.2, -0.15) is 0 Å². The van der Waals surface area contributed by atoms with Crippen molar-refractivity contribution in [3.63, 3.8) is 0 Å². The van der Waals surface area contributed by atoms with Crippen molar-refractivity contribution < 1.29 is 13.9 Å². The Hall–Kier alpha value is -3.90. The summed E-state index contributed by atoms with van der Waals surface area (Å²) >= 11 is 3.94. The topological polar surface area (TPSA) is 45.7 Å². The molecule has 1 aliphatic heterocycles. The fourth-order valence-corrected chi connectivity index (χ4v) is 6.44. The molecule has 2 aliphatic rings. The Labute approximate surface area is 250 Å². The molecule has 0 N–H and O–H groups in total. The van der Waals surface area contributed by atoms with Gasteiger partial charge in [0.25, 0.3) is 0 Å². The van der Waals surface area contributed by atoms with Crippen LogP contribution in [0.5, 0.6) is 0 Å². The molecule has 0 radical (unpaired) electrons. The molecule has 5 nitrogen and oxygen atoms in total. The summed E-state index contributed by atoms with van der Waals surface area (Å²) in [5, 5.41) is 2.00. The van der Waals surface area contributed by atoms with Crippen molar-refractivity contribution in [3.8, 4) is 33.6 Å². The van der Waals surface area contributed by atoms with Crippen molar-refractivity contribution >= 4 is 38.6 Å². The Bertz CT molecular complexity index is 1750. The highest BCUT2D eigenvalue weighted by Crippen LogP contribution is 2.48. The highest BCUT2D eigenvalue weighted by atomic mass is 79.9. The first-order valence-corrected chi connectivity index (χ1v) is 15.1. The van der Waals surface area contributed by atoms with E-state index in [1.807, 2.05) is 30.3 Å². The van der Waals surface area contributed by atoms with Gasteiger partial charge in [-0.1, -0.05) is 48.5 Å². The number of benzene rings is 4. The van der Waals surface area contributed by atoms with Crippen LogP contribution in [0.2, 0.25) is 0 Å². The van der Waals surface area contributed by atoms with Crippen LogP contribution in [0.15, 0.2) is 87.8 Å². The van der Waals surface area contributed by atoms with Crippen molar-refractivity contribution in [2.24, 2.45) is 0 Å². The van der Waals surface area contributed by atoms with E-state index < -0.39 is 0 Å². The molecule has 0 fully saturated rings. The zero-order valence-corrected chi connectivity index (χ0v) is 25.9. The quantitative estimate of drug-likeness (QED) is 0.101. The molecule has 3 aromatic carbocycles. The minimum Gasteiger partial charge on any atom is -0.465 e. The van der Waals surface area contributed by atoms with Crippen LogP contribution in [0.3, 0.4) is 0 Å². The van der Waals surface area contributed by atoms with Crippen LogP contribution in [0.4, 0.5) is 5.69 Å². The number of rotatable bonds is 8. The molecule has 1 aliphatic carbocycles. The van der Waals surface area contributed by atoms with E-state index in [1.54, 1.807) is 0 Å². The van der Waals surface area contributed by atoms with Gasteiger partial charge in [-0.25, -0.2) is 9.37 Å². The summed E-state index contributed by atoms with van der Waals surface area (Å²) in [6, 6.07) is 26.6. The Kier molecular flexibility index (Phi) is 8.60. The summed E-state index contributed by atoms with van der Waals surface area (Å²) < 4.78 is 15.4. The lowest BCUT2D eigenvalue weighted by atomic mass is 9.88. The van der Waals surface area contributed by atoms with Gasteiger partial charge in [0, 0.05) is 46.9 Å². The van der Waals surface area contributed by atoms with E-state index in [1.165, 1.54) is 7.11 Å². The third-order valence-corrected chi connectivity index (χ3v) is 8.59. The standard InChI is InChI=1S/C35H36BrN2O3/c1-6-37(7-2)28-21-19-26-31(24-17-13-14-18-25(24)35(39)40-5)27-20-22-29(38(8-3)9-4)32(36)34(27)41-33(26)30(28)23-15-11-10-12-16-23/h10-22H,6-9H2,1-5H3/q+1. The number of ether oxygens (including phenoxy) is 1.